The molecule has 6 nitrogen and oxygen atoms in total. The Bertz CT molecular complexity index is 710. The number of alkyl halides is 3. The van der Waals surface area contributed by atoms with Crippen LogP contribution in [-0.4, -0.2) is 44.1 Å². The lowest BCUT2D eigenvalue weighted by Crippen LogP contribution is -2.49. The fourth-order valence-corrected chi connectivity index (χ4v) is 2.51. The van der Waals surface area contributed by atoms with Gasteiger partial charge in [-0.1, -0.05) is 45.0 Å². The van der Waals surface area contributed by atoms with Crippen LogP contribution >= 0.6 is 0 Å². The molecule has 1 aromatic rings. The predicted octanol–water partition coefficient (Wildman–Crippen LogP) is 2.28. The van der Waals surface area contributed by atoms with Crippen LogP contribution in [0.3, 0.4) is 0 Å². The van der Waals surface area contributed by atoms with Gasteiger partial charge in [-0.05, 0) is 11.0 Å². The van der Waals surface area contributed by atoms with E-state index in [0.717, 1.165) is 5.56 Å². The van der Waals surface area contributed by atoms with Crippen molar-refractivity contribution in [3.05, 3.63) is 35.4 Å². The molecule has 1 aliphatic heterocycles. The zero-order valence-electron chi connectivity index (χ0n) is 15.1. The normalized spacial score (nSPS) is 17.5. The first-order chi connectivity index (χ1) is 12.4. The van der Waals surface area contributed by atoms with Crippen molar-refractivity contribution in [2.75, 3.05) is 13.1 Å². The van der Waals surface area contributed by atoms with E-state index in [4.69, 9.17) is 0 Å². The number of Topliss-reactive ketones (excluding diaryl/α,β-unsaturated/α-hetero) is 1. The first-order valence-electron chi connectivity index (χ1n) is 8.21. The molecule has 0 spiro atoms. The number of carbonyl (C=O) groups excluding carboxylic acids is 3. The Morgan fingerprint density at radius 1 is 1.04 bits per heavy atom. The molecular weight excluding hydrogens is 366 g/mol. The van der Waals surface area contributed by atoms with E-state index in [1.54, 1.807) is 12.1 Å². The van der Waals surface area contributed by atoms with Gasteiger partial charge in [-0.2, -0.15) is 13.2 Å². The maximum absolute atomic E-state index is 13.6. The van der Waals surface area contributed by atoms with Gasteiger partial charge >= 0.3 is 25.2 Å². The lowest BCUT2D eigenvalue weighted by Gasteiger charge is -2.25. The number of hydrogen-bond acceptors (Lipinski definition) is 6. The number of benzene rings is 1. The Labute approximate surface area is 154 Å². The smallest absolute Gasteiger partial charge is 0.498 e. The summed E-state index contributed by atoms with van der Waals surface area (Å²) in [6.07, 6.45) is -5.09. The van der Waals surface area contributed by atoms with Crippen molar-refractivity contribution in [3.8, 4) is 0 Å². The highest BCUT2D eigenvalue weighted by molar-refractivity contribution is 6.57. The van der Waals surface area contributed by atoms with E-state index < -0.39 is 49.9 Å². The van der Waals surface area contributed by atoms with Crippen LogP contribution in [0.25, 0.3) is 0 Å². The number of carbonyl (C=O) groups is 3. The second kappa shape index (κ2) is 7.71. The van der Waals surface area contributed by atoms with Crippen molar-refractivity contribution >= 4 is 24.8 Å². The largest absolute Gasteiger partial charge is 0.619 e. The lowest BCUT2D eigenvalue weighted by molar-refractivity contribution is -0.147. The molecule has 1 saturated heterocycles. The second-order valence-electron chi connectivity index (χ2n) is 7.16. The van der Waals surface area contributed by atoms with Crippen LogP contribution in [-0.2, 0) is 24.3 Å². The number of ketones is 1. The molecule has 1 fully saturated rings. The van der Waals surface area contributed by atoms with Crippen LogP contribution in [0.2, 0.25) is 5.82 Å². The van der Waals surface area contributed by atoms with E-state index in [2.05, 4.69) is 14.6 Å². The van der Waals surface area contributed by atoms with Crippen LogP contribution in [0, 0.1) is 0 Å². The molecule has 1 aromatic carbocycles. The molecule has 1 unspecified atom stereocenters. The Kier molecular flexibility index (Phi) is 5.99. The molecule has 1 N–H and O–H groups in total. The zero-order chi connectivity index (χ0) is 20.4. The van der Waals surface area contributed by atoms with E-state index in [0.29, 0.717) is 0 Å². The molecule has 146 valence electrons. The average molecular weight is 385 g/mol. The number of hydrogen-bond donors (Lipinski definition) is 1. The first-order valence-corrected chi connectivity index (χ1v) is 8.21. The molecule has 10 heteroatoms. The van der Waals surface area contributed by atoms with Crippen LogP contribution in [0.15, 0.2) is 24.3 Å². The molecule has 1 aliphatic rings. The van der Waals surface area contributed by atoms with Crippen LogP contribution < -0.4 is 5.32 Å². The highest BCUT2D eigenvalue weighted by Gasteiger charge is 2.58. The maximum Gasteiger partial charge on any atom is 0.619 e. The average Bonchev–Trinajstić information content (AvgIpc) is 2.51. The number of halogens is 3. The molecule has 0 saturated carbocycles. The topological polar surface area (TPSA) is 81.7 Å². The third-order valence-electron chi connectivity index (χ3n) is 3.98. The highest BCUT2D eigenvalue weighted by Crippen LogP contribution is 2.38. The summed E-state index contributed by atoms with van der Waals surface area (Å²) >= 11 is 0. The molecule has 1 heterocycles. The van der Waals surface area contributed by atoms with E-state index in [1.165, 1.54) is 12.1 Å². The van der Waals surface area contributed by atoms with Crippen LogP contribution in [0.4, 0.5) is 13.2 Å². The quantitative estimate of drug-likeness (QED) is 0.635. The van der Waals surface area contributed by atoms with Gasteiger partial charge in [-0.15, -0.1) is 0 Å². The summed E-state index contributed by atoms with van der Waals surface area (Å²) in [5.41, 5.74) is 0.359. The molecule has 0 amide bonds. The minimum atomic E-state index is -5.09. The molecule has 0 aromatic heterocycles. The van der Waals surface area contributed by atoms with Crippen molar-refractivity contribution in [3.63, 3.8) is 0 Å². The fourth-order valence-electron chi connectivity index (χ4n) is 2.51. The molecule has 1 atom stereocenters. The Morgan fingerprint density at radius 2 is 1.52 bits per heavy atom. The van der Waals surface area contributed by atoms with Gasteiger partial charge in [0.05, 0.1) is 13.1 Å². The zero-order valence-corrected chi connectivity index (χ0v) is 15.1. The summed E-state index contributed by atoms with van der Waals surface area (Å²) in [4.78, 5) is 35.6. The third-order valence-corrected chi connectivity index (χ3v) is 3.98. The van der Waals surface area contributed by atoms with E-state index in [9.17, 15) is 27.6 Å². The standard InChI is InChI=1S/C17H19BF3NO5/c1-16(2,3)11-6-4-10(5-7-11)14(25)15(17(19,20)21)18-26-12(23)8-22-9-13(24)27-18/h4-7,15,22H,8-9H2,1-3H3. The van der Waals surface area contributed by atoms with Crippen molar-refractivity contribution < 1.29 is 36.9 Å². The van der Waals surface area contributed by atoms with Crippen molar-refractivity contribution in [1.82, 2.24) is 5.32 Å². The van der Waals surface area contributed by atoms with Gasteiger partial charge in [0, 0.05) is 5.56 Å². The second-order valence-corrected chi connectivity index (χ2v) is 7.16. The Hall–Kier alpha value is -2.36. The van der Waals surface area contributed by atoms with Gasteiger partial charge in [0.25, 0.3) is 0 Å². The van der Waals surface area contributed by atoms with Crippen LogP contribution in [0.5, 0.6) is 0 Å². The lowest BCUT2D eigenvalue weighted by atomic mass is 9.67. The summed E-state index contributed by atoms with van der Waals surface area (Å²) in [5, 5.41) is 2.35. The maximum atomic E-state index is 13.6. The Balaban J connectivity index is 2.36. The van der Waals surface area contributed by atoms with Crippen molar-refractivity contribution in [2.24, 2.45) is 0 Å². The molecular formula is C17H19BF3NO5. The SMILES string of the molecule is CC(C)(C)c1ccc(C(=O)C(B2OC(=O)CNCC(=O)O2)C(F)(F)F)cc1. The monoisotopic (exact) mass is 385 g/mol. The van der Waals surface area contributed by atoms with E-state index >= 15 is 0 Å². The third kappa shape index (κ3) is 5.32. The van der Waals surface area contributed by atoms with Crippen molar-refractivity contribution in [2.45, 2.75) is 38.2 Å². The first kappa shape index (κ1) is 21.0. The summed E-state index contributed by atoms with van der Waals surface area (Å²) in [6.45, 7) is 4.83. The van der Waals surface area contributed by atoms with Gasteiger partial charge in [0.1, 0.15) is 0 Å². The van der Waals surface area contributed by atoms with Gasteiger partial charge in [-0.25, -0.2) is 0 Å². The van der Waals surface area contributed by atoms with Gasteiger partial charge in [-0.3, -0.25) is 19.7 Å². The Morgan fingerprint density at radius 3 is 1.93 bits per heavy atom. The fraction of sp³-hybridized carbons (Fsp3) is 0.471. The number of rotatable bonds is 3. The number of nitrogens with one attached hydrogen (secondary N) is 1. The molecule has 0 aliphatic carbocycles. The summed E-state index contributed by atoms with van der Waals surface area (Å²) < 4.78 is 49.9. The minimum Gasteiger partial charge on any atom is -0.498 e. The van der Waals surface area contributed by atoms with E-state index in [-0.39, 0.29) is 11.0 Å². The minimum absolute atomic E-state index is 0.224. The van der Waals surface area contributed by atoms with Gasteiger partial charge < -0.3 is 9.31 Å². The summed E-state index contributed by atoms with van der Waals surface area (Å²) in [7, 11) is -2.37. The van der Waals surface area contributed by atoms with E-state index in [1.807, 2.05) is 20.8 Å². The van der Waals surface area contributed by atoms with Gasteiger partial charge in [0.15, 0.2) is 11.6 Å². The molecule has 2 rings (SSSR count). The molecule has 0 radical (unpaired) electrons. The summed E-state index contributed by atoms with van der Waals surface area (Å²) in [6, 6.07) is 5.66. The molecule has 27 heavy (non-hydrogen) atoms. The summed E-state index contributed by atoms with van der Waals surface area (Å²) in [5.74, 6) is -6.28. The molecule has 0 bridgehead atoms. The van der Waals surface area contributed by atoms with Gasteiger partial charge in [0.2, 0.25) is 0 Å². The van der Waals surface area contributed by atoms with Crippen molar-refractivity contribution in [1.29, 1.82) is 0 Å². The highest BCUT2D eigenvalue weighted by atomic mass is 19.4. The predicted molar refractivity (Wildman–Crippen MR) is 90.1 cm³/mol. The van der Waals surface area contributed by atoms with Crippen LogP contribution in [0.1, 0.15) is 36.7 Å².